The zero-order chi connectivity index (χ0) is 9.56. The Morgan fingerprint density at radius 2 is 2.08 bits per heavy atom. The highest BCUT2D eigenvalue weighted by Gasteiger charge is 1.96. The van der Waals surface area contributed by atoms with E-state index >= 15 is 0 Å². The van der Waals surface area contributed by atoms with Crippen LogP contribution in [0.15, 0.2) is 22.3 Å². The van der Waals surface area contributed by atoms with E-state index in [1.807, 2.05) is 13.8 Å². The summed E-state index contributed by atoms with van der Waals surface area (Å²) in [6.07, 6.45) is 1.57. The average molecular weight is 168 g/mol. The molecule has 3 nitrogen and oxygen atoms in total. The van der Waals surface area contributed by atoms with E-state index in [9.17, 15) is 0 Å². The van der Waals surface area contributed by atoms with Crippen LogP contribution in [-0.4, -0.2) is 26.3 Å². The van der Waals surface area contributed by atoms with Crippen LogP contribution in [0.2, 0.25) is 0 Å². The lowest BCUT2D eigenvalue weighted by molar-refractivity contribution is 0.411. The van der Waals surface area contributed by atoms with Crippen LogP contribution < -0.4 is 0 Å². The molecular weight excluding hydrogens is 152 g/mol. The van der Waals surface area contributed by atoms with Crippen molar-refractivity contribution in [2.45, 2.75) is 13.8 Å². The van der Waals surface area contributed by atoms with Crippen molar-refractivity contribution in [2.24, 2.45) is 15.9 Å². The molecule has 0 atom stereocenters. The van der Waals surface area contributed by atoms with E-state index in [0.717, 1.165) is 5.70 Å². The van der Waals surface area contributed by atoms with Gasteiger partial charge in [-0.3, -0.25) is 9.98 Å². The second-order valence-corrected chi connectivity index (χ2v) is 2.67. The Labute approximate surface area is 73.9 Å². The van der Waals surface area contributed by atoms with Crippen LogP contribution in [0.5, 0.6) is 0 Å². The molecule has 0 aromatic heterocycles. The highest BCUT2D eigenvalue weighted by Crippen LogP contribution is 2.06. The number of methoxy groups -OCH3 is 1. The number of hydrogen-bond acceptors (Lipinski definition) is 3. The number of rotatable bonds is 3. The maximum atomic E-state index is 4.89. The highest BCUT2D eigenvalue weighted by atomic mass is 16.5. The summed E-state index contributed by atoms with van der Waals surface area (Å²) in [5.74, 6) is 0.869. The maximum Gasteiger partial charge on any atom is 0.227 e. The molecule has 0 N–H and O–H groups in total. The van der Waals surface area contributed by atoms with Gasteiger partial charge in [0.25, 0.3) is 0 Å². The Morgan fingerprint density at radius 3 is 2.42 bits per heavy atom. The molecule has 0 saturated heterocycles. The fourth-order valence-corrected chi connectivity index (χ4v) is 0.489. The van der Waals surface area contributed by atoms with Gasteiger partial charge in [-0.2, -0.15) is 0 Å². The third-order valence-electron chi connectivity index (χ3n) is 1.44. The minimum Gasteiger partial charge on any atom is -0.480 e. The van der Waals surface area contributed by atoms with Gasteiger partial charge in [-0.1, -0.05) is 20.4 Å². The van der Waals surface area contributed by atoms with Crippen LogP contribution in [0.1, 0.15) is 13.8 Å². The first kappa shape index (κ1) is 10.9. The van der Waals surface area contributed by atoms with Crippen LogP contribution in [0.4, 0.5) is 0 Å². The van der Waals surface area contributed by atoms with Crippen molar-refractivity contribution in [3.63, 3.8) is 0 Å². The molecule has 0 spiro atoms. The summed E-state index contributed by atoms with van der Waals surface area (Å²) < 4.78 is 4.89. The van der Waals surface area contributed by atoms with Crippen LogP contribution >= 0.6 is 0 Å². The lowest BCUT2D eigenvalue weighted by Gasteiger charge is -2.02. The van der Waals surface area contributed by atoms with Crippen molar-refractivity contribution in [1.29, 1.82) is 0 Å². The molecule has 0 heterocycles. The molecule has 0 aromatic rings. The first-order valence-electron chi connectivity index (χ1n) is 3.85. The van der Waals surface area contributed by atoms with E-state index in [2.05, 4.69) is 16.6 Å². The van der Waals surface area contributed by atoms with Gasteiger partial charge < -0.3 is 4.74 Å². The van der Waals surface area contributed by atoms with Crippen molar-refractivity contribution >= 4 is 12.1 Å². The van der Waals surface area contributed by atoms with Crippen LogP contribution in [0, 0.1) is 5.92 Å². The molecule has 0 saturated carbocycles. The van der Waals surface area contributed by atoms with Crippen LogP contribution in [-0.2, 0) is 4.74 Å². The summed E-state index contributed by atoms with van der Waals surface area (Å²) in [4.78, 5) is 7.93. The smallest absolute Gasteiger partial charge is 0.227 e. The first-order valence-corrected chi connectivity index (χ1v) is 3.85. The molecule has 0 amide bonds. The Kier molecular flexibility index (Phi) is 5.00. The molecular formula is C9H16N2O. The molecule has 3 heteroatoms. The van der Waals surface area contributed by atoms with Gasteiger partial charge in [-0.15, -0.1) is 0 Å². The predicted octanol–water partition coefficient (Wildman–Crippen LogP) is 1.90. The van der Waals surface area contributed by atoms with E-state index in [-0.39, 0.29) is 0 Å². The number of hydrogen-bond donors (Lipinski definition) is 0. The molecule has 0 aliphatic carbocycles. The van der Waals surface area contributed by atoms with Gasteiger partial charge in [0.2, 0.25) is 5.90 Å². The topological polar surface area (TPSA) is 34.0 Å². The third-order valence-corrected chi connectivity index (χ3v) is 1.44. The quantitative estimate of drug-likeness (QED) is 0.468. The standard InChI is InChI=1S/C9H16N2O/c1-7(2)8(3)11-6-9(10-4)12-5/h6-7H,3H2,1-2,4-5H3. The summed E-state index contributed by atoms with van der Waals surface area (Å²) >= 11 is 0. The fraction of sp³-hybridized carbons (Fsp3) is 0.556. The lowest BCUT2D eigenvalue weighted by atomic mass is 10.2. The van der Waals surface area contributed by atoms with Crippen molar-refractivity contribution < 1.29 is 4.74 Å². The van der Waals surface area contributed by atoms with Gasteiger partial charge in [-0.05, 0) is 5.92 Å². The van der Waals surface area contributed by atoms with Crippen molar-refractivity contribution in [3.05, 3.63) is 12.3 Å². The second-order valence-electron chi connectivity index (χ2n) is 2.67. The second kappa shape index (κ2) is 5.52. The minimum absolute atomic E-state index is 0.358. The van der Waals surface area contributed by atoms with E-state index in [0.29, 0.717) is 11.8 Å². The maximum absolute atomic E-state index is 4.89. The van der Waals surface area contributed by atoms with Gasteiger partial charge >= 0.3 is 0 Å². The number of aliphatic imine (C=N–C) groups is 2. The summed E-state index contributed by atoms with van der Waals surface area (Å²) in [5, 5.41) is 0. The summed E-state index contributed by atoms with van der Waals surface area (Å²) in [6.45, 7) is 7.86. The Morgan fingerprint density at radius 1 is 1.50 bits per heavy atom. The molecule has 0 bridgehead atoms. The molecule has 0 aromatic carbocycles. The molecule has 0 fully saturated rings. The molecule has 68 valence electrons. The van der Waals surface area contributed by atoms with Gasteiger partial charge in [-0.25, -0.2) is 0 Å². The highest BCUT2D eigenvalue weighted by molar-refractivity contribution is 6.26. The zero-order valence-corrected chi connectivity index (χ0v) is 8.16. The van der Waals surface area contributed by atoms with Gasteiger partial charge in [0.15, 0.2) is 0 Å². The normalized spacial score (nSPS) is 12.6. The number of ether oxygens (including phenoxy) is 1. The Balaban J connectivity index is 4.15. The summed E-state index contributed by atoms with van der Waals surface area (Å²) in [6, 6.07) is 0. The molecule has 0 unspecified atom stereocenters. The molecule has 12 heavy (non-hydrogen) atoms. The molecule has 0 aliphatic rings. The van der Waals surface area contributed by atoms with Crippen molar-refractivity contribution in [2.75, 3.05) is 14.2 Å². The van der Waals surface area contributed by atoms with E-state index in [4.69, 9.17) is 4.74 Å². The van der Waals surface area contributed by atoms with Gasteiger partial charge in [0.1, 0.15) is 0 Å². The summed E-state index contributed by atoms with van der Waals surface area (Å²) in [5.41, 5.74) is 0.827. The van der Waals surface area contributed by atoms with Gasteiger partial charge in [0, 0.05) is 12.7 Å². The molecule has 0 radical (unpaired) electrons. The van der Waals surface area contributed by atoms with E-state index < -0.39 is 0 Å². The van der Waals surface area contributed by atoms with Crippen LogP contribution in [0.25, 0.3) is 0 Å². The summed E-state index contributed by atoms with van der Waals surface area (Å²) in [7, 11) is 3.22. The number of nitrogens with zero attached hydrogens (tertiary/aromatic N) is 2. The monoisotopic (exact) mass is 168 g/mol. The third kappa shape index (κ3) is 3.91. The largest absolute Gasteiger partial charge is 0.480 e. The minimum atomic E-state index is 0.358. The van der Waals surface area contributed by atoms with Crippen LogP contribution in [0.3, 0.4) is 0 Å². The average Bonchev–Trinajstić information content (AvgIpc) is 2.05. The Bertz CT molecular complexity index is 205. The van der Waals surface area contributed by atoms with Crippen molar-refractivity contribution in [3.8, 4) is 0 Å². The predicted molar refractivity (Wildman–Crippen MR) is 52.8 cm³/mol. The molecule has 0 aliphatic heterocycles. The SMILES string of the molecule is C=C(N=CC(=NC)OC)C(C)C. The van der Waals surface area contributed by atoms with Gasteiger partial charge in [0.05, 0.1) is 13.3 Å². The molecule has 0 rings (SSSR count). The van der Waals surface area contributed by atoms with E-state index in [1.54, 1.807) is 20.4 Å². The number of allylic oxidation sites excluding steroid dienone is 1. The lowest BCUT2D eigenvalue weighted by Crippen LogP contribution is -2.03. The van der Waals surface area contributed by atoms with E-state index in [1.165, 1.54) is 0 Å². The zero-order valence-electron chi connectivity index (χ0n) is 8.16. The first-order chi connectivity index (χ1) is 5.61. The fourth-order valence-electron chi connectivity index (χ4n) is 0.489. The Hall–Kier alpha value is -1.12. The van der Waals surface area contributed by atoms with Crippen molar-refractivity contribution in [1.82, 2.24) is 0 Å².